The summed E-state index contributed by atoms with van der Waals surface area (Å²) in [4.78, 5) is 10.8. The molecular weight excluding hydrogens is 175 g/mol. The molecule has 0 heterocycles. The Hall–Kier alpha value is -1.58. The summed E-state index contributed by atoms with van der Waals surface area (Å²) >= 11 is 0. The first-order valence-corrected chi connectivity index (χ1v) is 3.68. The van der Waals surface area contributed by atoms with Gasteiger partial charge >= 0.3 is 5.97 Å². The maximum atomic E-state index is 13.0. The molecule has 1 aromatic carbocycles. The van der Waals surface area contributed by atoms with Crippen LogP contribution in [0.3, 0.4) is 0 Å². The van der Waals surface area contributed by atoms with Gasteiger partial charge in [-0.15, -0.1) is 0 Å². The smallest absolute Gasteiger partial charge is 0.310 e. The third-order valence-electron chi connectivity index (χ3n) is 1.62. The van der Waals surface area contributed by atoms with Crippen LogP contribution in [-0.2, 0) is 16.0 Å². The molecule has 13 heavy (non-hydrogen) atoms. The SMILES string of the molecule is COC(=O)Cc1cccc(O)c1F. The summed E-state index contributed by atoms with van der Waals surface area (Å²) < 4.78 is 17.4. The number of aromatic hydroxyl groups is 1. The second-order valence-corrected chi connectivity index (χ2v) is 2.50. The number of carbonyl (C=O) groups is 1. The summed E-state index contributed by atoms with van der Waals surface area (Å²) in [6.07, 6.45) is -0.170. The van der Waals surface area contributed by atoms with Crippen molar-refractivity contribution >= 4 is 5.97 Å². The van der Waals surface area contributed by atoms with E-state index in [0.717, 1.165) is 0 Å². The van der Waals surface area contributed by atoms with Gasteiger partial charge in [0.1, 0.15) is 0 Å². The molecule has 0 aliphatic carbocycles. The molecule has 0 unspecified atom stereocenters. The van der Waals surface area contributed by atoms with Gasteiger partial charge in [-0.1, -0.05) is 12.1 Å². The maximum absolute atomic E-state index is 13.0. The van der Waals surface area contributed by atoms with E-state index < -0.39 is 17.5 Å². The lowest BCUT2D eigenvalue weighted by atomic mass is 10.1. The van der Waals surface area contributed by atoms with Crippen LogP contribution in [0.2, 0.25) is 0 Å². The summed E-state index contributed by atoms with van der Waals surface area (Å²) in [5.41, 5.74) is 0.131. The molecule has 1 rings (SSSR count). The van der Waals surface area contributed by atoms with Crippen molar-refractivity contribution in [3.05, 3.63) is 29.6 Å². The van der Waals surface area contributed by atoms with Crippen LogP contribution < -0.4 is 0 Å². The van der Waals surface area contributed by atoms with Crippen LogP contribution in [0.15, 0.2) is 18.2 Å². The van der Waals surface area contributed by atoms with E-state index in [1.54, 1.807) is 0 Å². The predicted octanol–water partition coefficient (Wildman–Crippen LogP) is 1.25. The number of carbonyl (C=O) groups excluding carboxylic acids is 1. The number of methoxy groups -OCH3 is 1. The predicted molar refractivity (Wildman–Crippen MR) is 43.8 cm³/mol. The molecule has 0 aromatic heterocycles. The van der Waals surface area contributed by atoms with Gasteiger partial charge in [0, 0.05) is 5.56 Å². The molecule has 0 atom stereocenters. The average molecular weight is 184 g/mol. The van der Waals surface area contributed by atoms with Crippen molar-refractivity contribution in [3.8, 4) is 5.75 Å². The quantitative estimate of drug-likeness (QED) is 0.703. The van der Waals surface area contributed by atoms with Crippen molar-refractivity contribution in [1.29, 1.82) is 0 Å². The largest absolute Gasteiger partial charge is 0.505 e. The van der Waals surface area contributed by atoms with Crippen molar-refractivity contribution in [2.24, 2.45) is 0 Å². The Bertz CT molecular complexity index is 323. The van der Waals surface area contributed by atoms with Gasteiger partial charge in [-0.05, 0) is 6.07 Å². The number of benzene rings is 1. The van der Waals surface area contributed by atoms with E-state index in [4.69, 9.17) is 5.11 Å². The Labute approximate surface area is 74.8 Å². The number of phenolic OH excluding ortho intramolecular Hbond substituents is 1. The lowest BCUT2D eigenvalue weighted by Crippen LogP contribution is -2.05. The number of phenols is 1. The van der Waals surface area contributed by atoms with Gasteiger partial charge in [-0.2, -0.15) is 0 Å². The fourth-order valence-electron chi connectivity index (χ4n) is 0.930. The van der Waals surface area contributed by atoms with Crippen LogP contribution in [0.4, 0.5) is 4.39 Å². The number of halogens is 1. The van der Waals surface area contributed by atoms with Gasteiger partial charge in [-0.25, -0.2) is 4.39 Å². The van der Waals surface area contributed by atoms with E-state index >= 15 is 0 Å². The Morgan fingerprint density at radius 1 is 1.62 bits per heavy atom. The maximum Gasteiger partial charge on any atom is 0.310 e. The van der Waals surface area contributed by atoms with Crippen molar-refractivity contribution in [2.75, 3.05) is 7.11 Å². The number of rotatable bonds is 2. The van der Waals surface area contributed by atoms with E-state index in [-0.39, 0.29) is 12.0 Å². The van der Waals surface area contributed by atoms with Gasteiger partial charge in [0.25, 0.3) is 0 Å². The van der Waals surface area contributed by atoms with Crippen molar-refractivity contribution in [2.45, 2.75) is 6.42 Å². The number of hydrogen-bond acceptors (Lipinski definition) is 3. The molecule has 0 bridgehead atoms. The van der Waals surface area contributed by atoms with Crippen LogP contribution in [0.1, 0.15) is 5.56 Å². The fourth-order valence-corrected chi connectivity index (χ4v) is 0.930. The zero-order valence-corrected chi connectivity index (χ0v) is 7.08. The zero-order valence-electron chi connectivity index (χ0n) is 7.08. The minimum absolute atomic E-state index is 0.131. The Morgan fingerprint density at radius 3 is 2.92 bits per heavy atom. The molecule has 3 nitrogen and oxygen atoms in total. The fraction of sp³-hybridized carbons (Fsp3) is 0.222. The van der Waals surface area contributed by atoms with Crippen LogP contribution in [-0.4, -0.2) is 18.2 Å². The standard InChI is InChI=1S/C9H9FO3/c1-13-8(12)5-6-3-2-4-7(11)9(6)10/h2-4,11H,5H2,1H3. The zero-order chi connectivity index (χ0) is 9.84. The highest BCUT2D eigenvalue weighted by Gasteiger charge is 2.10. The topological polar surface area (TPSA) is 46.5 Å². The highest BCUT2D eigenvalue weighted by molar-refractivity contribution is 5.72. The third kappa shape index (κ3) is 2.18. The number of esters is 1. The first-order chi connectivity index (χ1) is 6.15. The molecule has 0 spiro atoms. The highest BCUT2D eigenvalue weighted by atomic mass is 19.1. The first-order valence-electron chi connectivity index (χ1n) is 3.68. The lowest BCUT2D eigenvalue weighted by Gasteiger charge is -2.02. The van der Waals surface area contributed by atoms with E-state index in [2.05, 4.69) is 4.74 Å². The lowest BCUT2D eigenvalue weighted by molar-refractivity contribution is -0.139. The summed E-state index contributed by atoms with van der Waals surface area (Å²) in [6.45, 7) is 0. The second kappa shape index (κ2) is 3.89. The molecule has 0 aliphatic heterocycles. The molecule has 4 heteroatoms. The normalized spacial score (nSPS) is 9.69. The molecule has 1 aromatic rings. The van der Waals surface area contributed by atoms with E-state index in [9.17, 15) is 9.18 Å². The Kier molecular flexibility index (Phi) is 2.84. The van der Waals surface area contributed by atoms with Crippen LogP contribution in [0, 0.1) is 5.82 Å². The highest BCUT2D eigenvalue weighted by Crippen LogP contribution is 2.18. The number of hydrogen-bond donors (Lipinski definition) is 1. The van der Waals surface area contributed by atoms with Gasteiger partial charge in [0.15, 0.2) is 11.6 Å². The van der Waals surface area contributed by atoms with Crippen LogP contribution >= 0.6 is 0 Å². The molecule has 70 valence electrons. The molecule has 0 radical (unpaired) electrons. The minimum atomic E-state index is -0.770. The van der Waals surface area contributed by atoms with Crippen molar-refractivity contribution in [3.63, 3.8) is 0 Å². The molecule has 0 fully saturated rings. The molecule has 0 aliphatic rings. The molecule has 0 saturated carbocycles. The monoisotopic (exact) mass is 184 g/mol. The van der Waals surface area contributed by atoms with Crippen LogP contribution in [0.5, 0.6) is 5.75 Å². The van der Waals surface area contributed by atoms with E-state index in [0.29, 0.717) is 0 Å². The average Bonchev–Trinajstić information content (AvgIpc) is 2.13. The minimum Gasteiger partial charge on any atom is -0.505 e. The van der Waals surface area contributed by atoms with E-state index in [1.165, 1.54) is 25.3 Å². The molecular formula is C9H9FO3. The van der Waals surface area contributed by atoms with Crippen molar-refractivity contribution in [1.82, 2.24) is 0 Å². The van der Waals surface area contributed by atoms with Crippen molar-refractivity contribution < 1.29 is 19.0 Å². The Morgan fingerprint density at radius 2 is 2.31 bits per heavy atom. The van der Waals surface area contributed by atoms with Gasteiger partial charge < -0.3 is 9.84 Å². The molecule has 1 N–H and O–H groups in total. The summed E-state index contributed by atoms with van der Waals surface area (Å²) in [6, 6.07) is 4.11. The van der Waals surface area contributed by atoms with E-state index in [1.807, 2.05) is 0 Å². The second-order valence-electron chi connectivity index (χ2n) is 2.50. The third-order valence-corrected chi connectivity index (χ3v) is 1.62. The Balaban J connectivity index is 2.89. The summed E-state index contributed by atoms with van der Waals surface area (Å²) in [5.74, 6) is -1.76. The molecule has 0 amide bonds. The van der Waals surface area contributed by atoms with Gasteiger partial charge in [-0.3, -0.25) is 4.79 Å². The first kappa shape index (κ1) is 9.51. The summed E-state index contributed by atoms with van der Waals surface area (Å²) in [7, 11) is 1.23. The van der Waals surface area contributed by atoms with Crippen LogP contribution in [0.25, 0.3) is 0 Å². The summed E-state index contributed by atoms with van der Waals surface area (Å²) in [5, 5.41) is 8.96. The van der Waals surface area contributed by atoms with Gasteiger partial charge in [0.05, 0.1) is 13.5 Å². The number of ether oxygens (including phenoxy) is 1. The van der Waals surface area contributed by atoms with Gasteiger partial charge in [0.2, 0.25) is 0 Å². The molecule has 0 saturated heterocycles.